The fourth-order valence-corrected chi connectivity index (χ4v) is 3.15. The second-order valence-corrected chi connectivity index (χ2v) is 6.21. The SMILES string of the molecule is CCOC(=O)C(F)[C@@H](N)c1cc(Br)c(Br)s1. The first kappa shape index (κ1) is 14.1. The van der Waals surface area contributed by atoms with Crippen molar-refractivity contribution in [3.63, 3.8) is 0 Å². The first-order valence-electron chi connectivity index (χ1n) is 4.48. The fraction of sp³-hybridized carbons (Fsp3) is 0.444. The van der Waals surface area contributed by atoms with Gasteiger partial charge in [-0.15, -0.1) is 11.3 Å². The zero-order chi connectivity index (χ0) is 12.3. The van der Waals surface area contributed by atoms with E-state index in [0.717, 1.165) is 8.26 Å². The zero-order valence-corrected chi connectivity index (χ0v) is 12.4. The summed E-state index contributed by atoms with van der Waals surface area (Å²) in [5.41, 5.74) is 5.64. The monoisotopic (exact) mass is 373 g/mol. The third-order valence-corrected chi connectivity index (χ3v) is 5.18. The van der Waals surface area contributed by atoms with Crippen LogP contribution in [0.3, 0.4) is 0 Å². The van der Waals surface area contributed by atoms with Gasteiger partial charge in [-0.3, -0.25) is 0 Å². The van der Waals surface area contributed by atoms with Crippen LogP contribution in [0.5, 0.6) is 0 Å². The van der Waals surface area contributed by atoms with E-state index in [9.17, 15) is 9.18 Å². The number of rotatable bonds is 4. The van der Waals surface area contributed by atoms with Gasteiger partial charge in [0.25, 0.3) is 0 Å². The molecule has 0 spiro atoms. The maximum atomic E-state index is 13.6. The van der Waals surface area contributed by atoms with Gasteiger partial charge in [-0.05, 0) is 44.8 Å². The summed E-state index contributed by atoms with van der Waals surface area (Å²) in [6, 6.07) is 0.692. The van der Waals surface area contributed by atoms with Gasteiger partial charge in [0, 0.05) is 9.35 Å². The van der Waals surface area contributed by atoms with Crippen LogP contribution in [0, 0.1) is 0 Å². The molecule has 0 amide bonds. The molecule has 1 rings (SSSR count). The van der Waals surface area contributed by atoms with Crippen molar-refractivity contribution in [2.24, 2.45) is 5.73 Å². The Morgan fingerprint density at radius 1 is 1.69 bits per heavy atom. The summed E-state index contributed by atoms with van der Waals surface area (Å²) in [6.45, 7) is 1.76. The molecular formula is C9H10Br2FNO2S. The van der Waals surface area contributed by atoms with E-state index < -0.39 is 18.2 Å². The molecule has 0 aliphatic rings. The maximum Gasteiger partial charge on any atom is 0.342 e. The van der Waals surface area contributed by atoms with Gasteiger partial charge in [0.15, 0.2) is 0 Å². The average Bonchev–Trinajstić information content (AvgIpc) is 2.57. The molecule has 7 heteroatoms. The van der Waals surface area contributed by atoms with Crippen molar-refractivity contribution >= 4 is 49.2 Å². The topological polar surface area (TPSA) is 52.3 Å². The lowest BCUT2D eigenvalue weighted by Gasteiger charge is -2.13. The van der Waals surface area contributed by atoms with Crippen LogP contribution in [-0.2, 0) is 9.53 Å². The largest absolute Gasteiger partial charge is 0.464 e. The van der Waals surface area contributed by atoms with Crippen molar-refractivity contribution < 1.29 is 13.9 Å². The number of hydrogen-bond donors (Lipinski definition) is 1. The van der Waals surface area contributed by atoms with E-state index in [1.165, 1.54) is 11.3 Å². The van der Waals surface area contributed by atoms with Crippen LogP contribution < -0.4 is 5.73 Å². The van der Waals surface area contributed by atoms with E-state index >= 15 is 0 Å². The number of ether oxygens (including phenoxy) is 1. The fourth-order valence-electron chi connectivity index (χ4n) is 1.04. The van der Waals surface area contributed by atoms with Crippen molar-refractivity contribution in [2.75, 3.05) is 6.61 Å². The minimum atomic E-state index is -1.84. The third kappa shape index (κ3) is 3.26. The molecule has 0 bridgehead atoms. The summed E-state index contributed by atoms with van der Waals surface area (Å²) in [4.78, 5) is 11.7. The average molecular weight is 375 g/mol. The van der Waals surface area contributed by atoms with Crippen LogP contribution in [0.1, 0.15) is 17.8 Å². The van der Waals surface area contributed by atoms with Gasteiger partial charge in [-0.25, -0.2) is 9.18 Å². The smallest absolute Gasteiger partial charge is 0.342 e. The lowest BCUT2D eigenvalue weighted by molar-refractivity contribution is -0.149. The van der Waals surface area contributed by atoms with Crippen LogP contribution in [0.4, 0.5) is 4.39 Å². The molecule has 1 heterocycles. The molecule has 0 aromatic carbocycles. The Hall–Kier alpha value is 0.0200. The number of halogens is 3. The van der Waals surface area contributed by atoms with E-state index in [0.29, 0.717) is 4.88 Å². The number of thiophene rings is 1. The molecule has 1 aromatic rings. The summed E-state index contributed by atoms with van der Waals surface area (Å²) in [5, 5.41) is 0. The van der Waals surface area contributed by atoms with Gasteiger partial charge in [-0.1, -0.05) is 0 Å². The molecule has 2 atom stereocenters. The molecule has 0 aliphatic carbocycles. The second kappa shape index (κ2) is 6.09. The maximum absolute atomic E-state index is 13.6. The lowest BCUT2D eigenvalue weighted by Crippen LogP contribution is -2.30. The molecule has 0 saturated carbocycles. The Kier molecular flexibility index (Phi) is 5.36. The van der Waals surface area contributed by atoms with Gasteiger partial charge in [0.05, 0.1) is 16.4 Å². The van der Waals surface area contributed by atoms with Crippen molar-refractivity contribution in [1.29, 1.82) is 0 Å². The van der Waals surface area contributed by atoms with E-state index in [-0.39, 0.29) is 6.61 Å². The molecule has 16 heavy (non-hydrogen) atoms. The summed E-state index contributed by atoms with van der Waals surface area (Å²) in [5.74, 6) is -0.921. The van der Waals surface area contributed by atoms with Gasteiger partial charge in [-0.2, -0.15) is 0 Å². The van der Waals surface area contributed by atoms with Gasteiger partial charge < -0.3 is 10.5 Å². The summed E-state index contributed by atoms with van der Waals surface area (Å²) >= 11 is 7.83. The molecule has 0 aliphatic heterocycles. The Bertz CT molecular complexity index is 366. The van der Waals surface area contributed by atoms with Gasteiger partial charge in [0.1, 0.15) is 0 Å². The molecule has 1 unspecified atom stereocenters. The second-order valence-electron chi connectivity index (χ2n) is 2.95. The first-order chi connectivity index (χ1) is 7.47. The number of carbonyl (C=O) groups excluding carboxylic acids is 1. The molecule has 1 aromatic heterocycles. The lowest BCUT2D eigenvalue weighted by atomic mass is 10.1. The van der Waals surface area contributed by atoms with Crippen LogP contribution in [0.25, 0.3) is 0 Å². The minimum Gasteiger partial charge on any atom is -0.464 e. The predicted octanol–water partition coefficient (Wildman–Crippen LogP) is 3.17. The van der Waals surface area contributed by atoms with Gasteiger partial charge in [0.2, 0.25) is 6.17 Å². The number of carbonyl (C=O) groups is 1. The number of nitrogens with two attached hydrogens (primary N) is 1. The molecule has 90 valence electrons. The molecule has 3 nitrogen and oxygen atoms in total. The minimum absolute atomic E-state index is 0.143. The highest BCUT2D eigenvalue weighted by Gasteiger charge is 2.29. The highest BCUT2D eigenvalue weighted by atomic mass is 79.9. The Labute approximate surface area is 113 Å². The van der Waals surface area contributed by atoms with Crippen molar-refractivity contribution in [1.82, 2.24) is 0 Å². The molecule has 0 radical (unpaired) electrons. The van der Waals surface area contributed by atoms with E-state index in [2.05, 4.69) is 36.6 Å². The Morgan fingerprint density at radius 3 is 2.75 bits per heavy atom. The number of esters is 1. The first-order valence-corrected chi connectivity index (χ1v) is 6.88. The van der Waals surface area contributed by atoms with Gasteiger partial charge >= 0.3 is 5.97 Å². The van der Waals surface area contributed by atoms with Crippen molar-refractivity contribution in [3.8, 4) is 0 Å². The molecule has 0 fully saturated rings. The predicted molar refractivity (Wildman–Crippen MR) is 68.2 cm³/mol. The van der Waals surface area contributed by atoms with E-state index in [1.807, 2.05) is 0 Å². The quantitative estimate of drug-likeness (QED) is 0.823. The zero-order valence-electron chi connectivity index (χ0n) is 8.38. The van der Waals surface area contributed by atoms with E-state index in [4.69, 9.17) is 5.73 Å². The molecule has 0 saturated heterocycles. The van der Waals surface area contributed by atoms with Crippen LogP contribution in [0.2, 0.25) is 0 Å². The normalized spacial score (nSPS) is 14.6. The Morgan fingerprint density at radius 2 is 2.31 bits per heavy atom. The third-order valence-electron chi connectivity index (χ3n) is 1.82. The summed E-state index contributed by atoms with van der Waals surface area (Å²) in [6.07, 6.45) is -1.84. The van der Waals surface area contributed by atoms with Crippen LogP contribution >= 0.6 is 43.2 Å². The number of hydrogen-bond acceptors (Lipinski definition) is 4. The number of alkyl halides is 1. The summed E-state index contributed by atoms with van der Waals surface area (Å²) in [7, 11) is 0. The highest BCUT2D eigenvalue weighted by Crippen LogP contribution is 2.36. The van der Waals surface area contributed by atoms with Crippen LogP contribution in [-0.4, -0.2) is 18.7 Å². The highest BCUT2D eigenvalue weighted by molar-refractivity contribution is 9.13. The molecular weight excluding hydrogens is 365 g/mol. The van der Waals surface area contributed by atoms with E-state index in [1.54, 1.807) is 13.0 Å². The standard InChI is InChI=1S/C9H10Br2FNO2S/c1-2-15-9(14)6(12)7(13)5-3-4(10)8(11)16-5/h3,6-7H,2,13H2,1H3/t6?,7-/m0/s1. The van der Waals surface area contributed by atoms with Crippen molar-refractivity contribution in [3.05, 3.63) is 19.2 Å². The summed E-state index contributed by atoms with van der Waals surface area (Å²) < 4.78 is 19.8. The van der Waals surface area contributed by atoms with Crippen molar-refractivity contribution in [2.45, 2.75) is 19.1 Å². The Balaban J connectivity index is 2.77. The van der Waals surface area contributed by atoms with Crippen LogP contribution in [0.15, 0.2) is 14.3 Å². The molecule has 2 N–H and O–H groups in total.